The van der Waals surface area contributed by atoms with Crippen LogP contribution in [0.2, 0.25) is 5.28 Å². The van der Waals surface area contributed by atoms with Gasteiger partial charge in [-0.05, 0) is 25.4 Å². The second-order valence-electron chi connectivity index (χ2n) is 4.07. The normalized spacial score (nSPS) is 15.5. The molecule has 0 radical (unpaired) electrons. The van der Waals surface area contributed by atoms with E-state index in [0.29, 0.717) is 0 Å². The Morgan fingerprint density at radius 2 is 1.14 bits per heavy atom. The van der Waals surface area contributed by atoms with Gasteiger partial charge < -0.3 is 10.6 Å². The molecule has 1 heterocycles. The topological polar surface area (TPSA) is 62.7 Å². The van der Waals surface area contributed by atoms with Crippen molar-refractivity contribution >= 4 is 23.5 Å². The predicted molar refractivity (Wildman–Crippen MR) is 63.1 cm³/mol. The Morgan fingerprint density at radius 1 is 0.810 bits per heavy atom. The van der Waals surface area contributed by atoms with Gasteiger partial charge in [0.05, 0.1) is 0 Å². The van der Waals surface area contributed by atoms with Gasteiger partial charge in [0.2, 0.25) is 17.2 Å². The van der Waals surface area contributed by atoms with E-state index in [-0.39, 0.29) is 0 Å². The van der Waals surface area contributed by atoms with Gasteiger partial charge in [-0.2, -0.15) is 41.3 Å². The molecule has 0 aliphatic rings. The molecule has 0 bridgehead atoms. The van der Waals surface area contributed by atoms with Crippen LogP contribution in [0.5, 0.6) is 0 Å². The number of halogens is 7. The molecular weight excluding hydrogens is 328 g/mol. The van der Waals surface area contributed by atoms with Crippen LogP contribution in [0.4, 0.5) is 38.2 Å². The minimum atomic E-state index is -4.58. The zero-order valence-electron chi connectivity index (χ0n) is 10.6. The van der Waals surface area contributed by atoms with E-state index in [9.17, 15) is 26.3 Å². The van der Waals surface area contributed by atoms with Crippen LogP contribution in [-0.4, -0.2) is 39.4 Å². The fraction of sp³-hybridized carbons (Fsp3) is 0.667. The molecule has 0 aliphatic heterocycles. The highest BCUT2D eigenvalue weighted by molar-refractivity contribution is 6.28. The summed E-state index contributed by atoms with van der Waals surface area (Å²) in [5.41, 5.74) is 0. The minimum Gasteiger partial charge on any atom is -0.343 e. The highest BCUT2D eigenvalue weighted by Crippen LogP contribution is 2.24. The molecule has 0 fully saturated rings. The molecule has 0 saturated heterocycles. The third-order valence-electron chi connectivity index (χ3n) is 2.28. The van der Waals surface area contributed by atoms with Gasteiger partial charge in [-0.15, -0.1) is 0 Å². The molecule has 2 N–H and O–H groups in total. The molecule has 0 spiro atoms. The van der Waals surface area contributed by atoms with E-state index < -0.39 is 41.6 Å². The lowest BCUT2D eigenvalue weighted by atomic mass is 10.3. The monoisotopic (exact) mass is 337 g/mol. The smallest absolute Gasteiger partial charge is 0.343 e. The number of aromatic nitrogens is 3. The Balaban J connectivity index is 2.90. The van der Waals surface area contributed by atoms with Crippen molar-refractivity contribution in [2.45, 2.75) is 38.3 Å². The van der Waals surface area contributed by atoms with Gasteiger partial charge in [-0.25, -0.2) is 0 Å². The Morgan fingerprint density at radius 3 is 1.43 bits per heavy atom. The Kier molecular flexibility index (Phi) is 5.07. The van der Waals surface area contributed by atoms with Crippen LogP contribution >= 0.6 is 11.6 Å². The van der Waals surface area contributed by atoms with Crippen LogP contribution in [0.1, 0.15) is 13.8 Å². The maximum Gasteiger partial charge on any atom is 0.408 e. The number of hydrogen-bond donors (Lipinski definition) is 2. The molecule has 1 aromatic heterocycles. The Hall–Kier alpha value is -1.52. The summed E-state index contributed by atoms with van der Waals surface area (Å²) in [5, 5.41) is 3.22. The number of nitrogens with one attached hydrogen (secondary N) is 2. The summed E-state index contributed by atoms with van der Waals surface area (Å²) in [5.74, 6) is -1.17. The van der Waals surface area contributed by atoms with Crippen molar-refractivity contribution in [3.05, 3.63) is 5.28 Å². The van der Waals surface area contributed by atoms with E-state index in [0.717, 1.165) is 13.8 Å². The fourth-order valence-electron chi connectivity index (χ4n) is 1.03. The SMILES string of the molecule is CC(Nc1nc(Cl)nc(N[C@@H](C)C(F)(F)F)n1)C(F)(F)F. The second-order valence-corrected chi connectivity index (χ2v) is 4.40. The molecule has 0 aliphatic carbocycles. The molecule has 12 heteroatoms. The van der Waals surface area contributed by atoms with E-state index in [2.05, 4.69) is 15.0 Å². The molecule has 21 heavy (non-hydrogen) atoms. The van der Waals surface area contributed by atoms with Gasteiger partial charge in [0.15, 0.2) is 0 Å². The van der Waals surface area contributed by atoms with Gasteiger partial charge >= 0.3 is 12.4 Å². The number of rotatable bonds is 4. The number of anilines is 2. The van der Waals surface area contributed by atoms with Crippen molar-refractivity contribution in [1.82, 2.24) is 15.0 Å². The Labute approximate surface area is 120 Å². The van der Waals surface area contributed by atoms with Crippen molar-refractivity contribution in [2.75, 3.05) is 10.6 Å². The fourth-order valence-corrected chi connectivity index (χ4v) is 1.19. The standard InChI is InChI=1S/C9H10ClF6N5/c1-3(8(11,12)13)17-6-19-5(10)20-7(21-6)18-4(2)9(14,15)16/h3-4H,1-2H3,(H2,17,18,19,20,21)/t3-,4?/m0/s1. The molecule has 1 rings (SSSR count). The third kappa shape index (κ3) is 5.40. The predicted octanol–water partition coefficient (Wildman–Crippen LogP) is 3.25. The van der Waals surface area contributed by atoms with E-state index >= 15 is 0 Å². The number of hydrogen-bond acceptors (Lipinski definition) is 5. The summed E-state index contributed by atoms with van der Waals surface area (Å²) in [6, 6.07) is -4.02. The molecule has 1 unspecified atom stereocenters. The van der Waals surface area contributed by atoms with Crippen LogP contribution < -0.4 is 10.6 Å². The zero-order chi connectivity index (χ0) is 16.4. The third-order valence-corrected chi connectivity index (χ3v) is 2.45. The van der Waals surface area contributed by atoms with Crippen LogP contribution in [0, 0.1) is 0 Å². The van der Waals surface area contributed by atoms with Crippen LogP contribution in [-0.2, 0) is 0 Å². The lowest BCUT2D eigenvalue weighted by Gasteiger charge is -2.19. The maximum atomic E-state index is 12.4. The van der Waals surface area contributed by atoms with Crippen molar-refractivity contribution < 1.29 is 26.3 Å². The summed E-state index contributed by atoms with van der Waals surface area (Å²) >= 11 is 5.44. The summed E-state index contributed by atoms with van der Waals surface area (Å²) in [6.07, 6.45) is -9.15. The first-order valence-corrected chi connectivity index (χ1v) is 5.85. The average molecular weight is 338 g/mol. The van der Waals surface area contributed by atoms with Gasteiger partial charge in [-0.3, -0.25) is 0 Å². The molecule has 2 atom stereocenters. The van der Waals surface area contributed by atoms with Gasteiger partial charge in [0.1, 0.15) is 12.1 Å². The van der Waals surface area contributed by atoms with Gasteiger partial charge in [-0.1, -0.05) is 0 Å². The van der Waals surface area contributed by atoms with E-state index in [1.165, 1.54) is 0 Å². The van der Waals surface area contributed by atoms with Gasteiger partial charge in [0.25, 0.3) is 0 Å². The minimum absolute atomic E-state index is 0.543. The zero-order valence-corrected chi connectivity index (χ0v) is 11.4. The molecule has 5 nitrogen and oxygen atoms in total. The number of alkyl halides is 6. The highest BCUT2D eigenvalue weighted by atomic mass is 35.5. The largest absolute Gasteiger partial charge is 0.408 e. The quantitative estimate of drug-likeness (QED) is 0.826. The Bertz CT molecular complexity index is 450. The van der Waals surface area contributed by atoms with Crippen LogP contribution in [0.3, 0.4) is 0 Å². The van der Waals surface area contributed by atoms with Crippen molar-refractivity contribution in [2.24, 2.45) is 0 Å². The molecular formula is C9H10ClF6N5. The molecule has 0 aromatic carbocycles. The molecule has 0 saturated carbocycles. The van der Waals surface area contributed by atoms with E-state index in [1.807, 2.05) is 10.6 Å². The van der Waals surface area contributed by atoms with Crippen LogP contribution in [0.25, 0.3) is 0 Å². The molecule has 1 aromatic rings. The molecule has 120 valence electrons. The highest BCUT2D eigenvalue weighted by Gasteiger charge is 2.38. The number of nitrogens with zero attached hydrogens (tertiary/aromatic N) is 3. The first-order valence-electron chi connectivity index (χ1n) is 5.47. The lowest BCUT2D eigenvalue weighted by Crippen LogP contribution is -2.35. The molecule has 0 amide bonds. The summed E-state index contributed by atoms with van der Waals surface area (Å²) < 4.78 is 74.2. The van der Waals surface area contributed by atoms with Crippen LogP contribution in [0.15, 0.2) is 0 Å². The first-order chi connectivity index (χ1) is 9.39. The average Bonchev–Trinajstić information content (AvgIpc) is 2.25. The summed E-state index contributed by atoms with van der Waals surface area (Å²) in [6.45, 7) is 1.59. The van der Waals surface area contributed by atoms with E-state index in [4.69, 9.17) is 11.6 Å². The van der Waals surface area contributed by atoms with E-state index in [1.54, 1.807) is 0 Å². The first kappa shape index (κ1) is 17.5. The second kappa shape index (κ2) is 6.08. The van der Waals surface area contributed by atoms with Crippen molar-refractivity contribution in [3.8, 4) is 0 Å². The van der Waals surface area contributed by atoms with Crippen molar-refractivity contribution in [3.63, 3.8) is 0 Å². The van der Waals surface area contributed by atoms with Crippen molar-refractivity contribution in [1.29, 1.82) is 0 Å². The maximum absolute atomic E-state index is 12.4. The lowest BCUT2D eigenvalue weighted by molar-refractivity contribution is -0.139. The van der Waals surface area contributed by atoms with Gasteiger partial charge in [0, 0.05) is 0 Å². The summed E-state index contributed by atoms with van der Waals surface area (Å²) in [4.78, 5) is 10.1. The summed E-state index contributed by atoms with van der Waals surface area (Å²) in [7, 11) is 0.